The van der Waals surface area contributed by atoms with Crippen molar-refractivity contribution in [3.63, 3.8) is 0 Å². The van der Waals surface area contributed by atoms with Gasteiger partial charge in [0, 0.05) is 5.57 Å². The fourth-order valence-electron chi connectivity index (χ4n) is 1.47. The quantitative estimate of drug-likeness (QED) is 0.382. The van der Waals surface area contributed by atoms with Crippen molar-refractivity contribution in [2.24, 2.45) is 0 Å². The van der Waals surface area contributed by atoms with Crippen LogP contribution in [-0.2, 0) is 19.1 Å². The second-order valence-electron chi connectivity index (χ2n) is 4.93. The molecule has 1 atom stereocenters. The van der Waals surface area contributed by atoms with E-state index in [2.05, 4.69) is 16.1 Å². The average Bonchev–Trinajstić information content (AvgIpc) is 2.34. The SMILES string of the molecule is C=C(C)C(=O)OC(C)CC(=O)OC(CSC)(C(F)(F)F)C(F)(F)F. The molecule has 0 aromatic carbocycles. The van der Waals surface area contributed by atoms with Crippen molar-refractivity contribution < 1.29 is 45.4 Å². The van der Waals surface area contributed by atoms with Gasteiger partial charge in [0.05, 0.1) is 12.2 Å². The van der Waals surface area contributed by atoms with Crippen molar-refractivity contribution in [1.29, 1.82) is 0 Å². The van der Waals surface area contributed by atoms with E-state index in [9.17, 15) is 35.9 Å². The van der Waals surface area contributed by atoms with Crippen molar-refractivity contribution in [3.8, 4) is 0 Å². The number of rotatable bonds is 7. The molecule has 1 unspecified atom stereocenters. The number of carbonyl (C=O) groups excluding carboxylic acids is 2. The molecule has 0 aliphatic carbocycles. The molecule has 0 N–H and O–H groups in total. The summed E-state index contributed by atoms with van der Waals surface area (Å²) in [6, 6.07) is 0. The Morgan fingerprint density at radius 2 is 1.58 bits per heavy atom. The van der Waals surface area contributed by atoms with Crippen LogP contribution in [0.2, 0.25) is 0 Å². The van der Waals surface area contributed by atoms with E-state index >= 15 is 0 Å². The van der Waals surface area contributed by atoms with E-state index in [0.29, 0.717) is 0 Å². The normalized spacial score (nSPS) is 14.0. The van der Waals surface area contributed by atoms with Crippen molar-refractivity contribution >= 4 is 23.7 Å². The summed E-state index contributed by atoms with van der Waals surface area (Å²) in [5.74, 6) is -4.27. The van der Waals surface area contributed by atoms with Gasteiger partial charge in [0.25, 0.3) is 0 Å². The van der Waals surface area contributed by atoms with Gasteiger partial charge in [-0.15, -0.1) is 0 Å². The van der Waals surface area contributed by atoms with E-state index in [0.717, 1.165) is 13.2 Å². The standard InChI is InChI=1S/C13H16F6O4S/c1-7(2)10(21)22-8(3)5-9(20)23-11(6-24-4,12(14,15)16)13(17,18)19/h8H,1,5-6H2,2-4H3. The smallest absolute Gasteiger partial charge is 0.438 e. The summed E-state index contributed by atoms with van der Waals surface area (Å²) in [4.78, 5) is 22.7. The van der Waals surface area contributed by atoms with Crippen LogP contribution < -0.4 is 0 Å². The van der Waals surface area contributed by atoms with E-state index in [4.69, 9.17) is 0 Å². The Kier molecular flexibility index (Phi) is 7.66. The second-order valence-corrected chi connectivity index (χ2v) is 5.80. The fourth-order valence-corrected chi connectivity index (χ4v) is 2.26. The maximum atomic E-state index is 13.0. The summed E-state index contributed by atoms with van der Waals surface area (Å²) < 4.78 is 86.2. The van der Waals surface area contributed by atoms with Crippen LogP contribution in [0.25, 0.3) is 0 Å². The first kappa shape index (κ1) is 22.6. The molecule has 11 heteroatoms. The Morgan fingerprint density at radius 1 is 1.12 bits per heavy atom. The monoisotopic (exact) mass is 382 g/mol. The van der Waals surface area contributed by atoms with Crippen molar-refractivity contribution in [1.82, 2.24) is 0 Å². The molecule has 0 rings (SSSR count). The fraction of sp³-hybridized carbons (Fsp3) is 0.692. The van der Waals surface area contributed by atoms with Gasteiger partial charge in [0.2, 0.25) is 0 Å². The zero-order valence-electron chi connectivity index (χ0n) is 13.0. The minimum Gasteiger partial charge on any atom is -0.459 e. The van der Waals surface area contributed by atoms with E-state index in [1.54, 1.807) is 0 Å². The Hall–Kier alpha value is -1.39. The first-order chi connectivity index (χ1) is 10.7. The first-order valence-electron chi connectivity index (χ1n) is 6.38. The Balaban J connectivity index is 5.27. The maximum absolute atomic E-state index is 13.0. The summed E-state index contributed by atoms with van der Waals surface area (Å²) in [5, 5.41) is 0. The molecule has 0 saturated carbocycles. The highest BCUT2D eigenvalue weighted by Gasteiger charge is 2.74. The molecule has 0 aromatic rings. The molecule has 0 saturated heterocycles. The lowest BCUT2D eigenvalue weighted by molar-refractivity contribution is -0.361. The number of esters is 2. The third kappa shape index (κ3) is 5.60. The first-order valence-corrected chi connectivity index (χ1v) is 7.78. The lowest BCUT2D eigenvalue weighted by atomic mass is 10.1. The highest BCUT2D eigenvalue weighted by molar-refractivity contribution is 7.98. The van der Waals surface area contributed by atoms with Gasteiger partial charge in [-0.2, -0.15) is 38.1 Å². The number of halogens is 6. The average molecular weight is 382 g/mol. The van der Waals surface area contributed by atoms with Crippen LogP contribution in [0.4, 0.5) is 26.3 Å². The second kappa shape index (κ2) is 8.13. The summed E-state index contributed by atoms with van der Waals surface area (Å²) in [5.41, 5.74) is -4.67. The number of carbonyl (C=O) groups is 2. The Labute approximate surface area is 138 Å². The third-order valence-corrected chi connectivity index (χ3v) is 3.36. The molecule has 0 heterocycles. The predicted molar refractivity (Wildman–Crippen MR) is 74.3 cm³/mol. The van der Waals surface area contributed by atoms with Crippen LogP contribution >= 0.6 is 11.8 Å². The summed E-state index contributed by atoms with van der Waals surface area (Å²) in [6.07, 6.45) is -13.0. The molecule has 4 nitrogen and oxygen atoms in total. The van der Waals surface area contributed by atoms with Crippen LogP contribution in [0.1, 0.15) is 20.3 Å². The van der Waals surface area contributed by atoms with E-state index in [-0.39, 0.29) is 17.3 Å². The Morgan fingerprint density at radius 3 is 1.92 bits per heavy atom. The largest absolute Gasteiger partial charge is 0.459 e. The summed E-state index contributed by atoms with van der Waals surface area (Å²) in [6.45, 7) is 5.65. The lowest BCUT2D eigenvalue weighted by Crippen LogP contribution is -2.61. The van der Waals surface area contributed by atoms with Gasteiger partial charge in [-0.25, -0.2) is 4.79 Å². The molecule has 0 radical (unpaired) electrons. The molecule has 0 fully saturated rings. The Bertz CT molecular complexity index is 472. The van der Waals surface area contributed by atoms with Crippen molar-refractivity contribution in [3.05, 3.63) is 12.2 Å². The highest BCUT2D eigenvalue weighted by Crippen LogP contribution is 2.47. The molecular weight excluding hydrogens is 366 g/mol. The number of hydrogen-bond acceptors (Lipinski definition) is 5. The molecular formula is C13H16F6O4S. The molecule has 0 aliphatic heterocycles. The van der Waals surface area contributed by atoms with Gasteiger partial charge in [0.1, 0.15) is 6.10 Å². The number of thioether (sulfide) groups is 1. The van der Waals surface area contributed by atoms with Gasteiger partial charge in [0.15, 0.2) is 0 Å². The van der Waals surface area contributed by atoms with Crippen LogP contribution in [0.5, 0.6) is 0 Å². The van der Waals surface area contributed by atoms with E-state index < -0.39 is 48.2 Å². The molecule has 0 amide bonds. The molecule has 0 aliphatic rings. The molecule has 0 aromatic heterocycles. The minimum absolute atomic E-state index is 0.0440. The van der Waals surface area contributed by atoms with Gasteiger partial charge in [-0.05, 0) is 20.1 Å². The number of ether oxygens (including phenoxy) is 2. The van der Waals surface area contributed by atoms with Crippen molar-refractivity contribution in [2.75, 3.05) is 12.0 Å². The summed E-state index contributed by atoms with van der Waals surface area (Å²) >= 11 is 0.224. The van der Waals surface area contributed by atoms with Gasteiger partial charge in [-0.3, -0.25) is 4.79 Å². The third-order valence-electron chi connectivity index (χ3n) is 2.66. The molecule has 140 valence electrons. The highest BCUT2D eigenvalue weighted by atomic mass is 32.2. The zero-order valence-corrected chi connectivity index (χ0v) is 13.8. The van der Waals surface area contributed by atoms with Crippen LogP contribution in [0.3, 0.4) is 0 Å². The number of hydrogen-bond donors (Lipinski definition) is 0. The topological polar surface area (TPSA) is 52.6 Å². The summed E-state index contributed by atoms with van der Waals surface area (Å²) in [7, 11) is 0. The van der Waals surface area contributed by atoms with Crippen LogP contribution in [0, 0.1) is 0 Å². The van der Waals surface area contributed by atoms with E-state index in [1.165, 1.54) is 6.92 Å². The van der Waals surface area contributed by atoms with Crippen LogP contribution in [-0.4, -0.2) is 48.0 Å². The van der Waals surface area contributed by atoms with Gasteiger partial charge >= 0.3 is 29.9 Å². The number of alkyl halides is 6. The van der Waals surface area contributed by atoms with E-state index in [1.807, 2.05) is 0 Å². The lowest BCUT2D eigenvalue weighted by Gasteiger charge is -2.36. The molecule has 0 spiro atoms. The van der Waals surface area contributed by atoms with Gasteiger partial charge < -0.3 is 9.47 Å². The van der Waals surface area contributed by atoms with Crippen LogP contribution in [0.15, 0.2) is 12.2 Å². The molecule has 0 bridgehead atoms. The predicted octanol–water partition coefficient (Wildman–Crippen LogP) is 3.65. The van der Waals surface area contributed by atoms with Gasteiger partial charge in [-0.1, -0.05) is 6.58 Å². The zero-order chi connectivity index (χ0) is 19.3. The van der Waals surface area contributed by atoms with Crippen molar-refractivity contribution in [2.45, 2.75) is 44.3 Å². The molecule has 24 heavy (non-hydrogen) atoms. The maximum Gasteiger partial charge on any atom is 0.438 e. The minimum atomic E-state index is -5.86.